The number of allylic oxidation sites excluding steroid dienone is 4. The number of carbonyl (C=O) groups is 9. The van der Waals surface area contributed by atoms with Crippen LogP contribution in [0.25, 0.3) is 10.9 Å². The number of aliphatic hydroxyl groups excluding tert-OH is 4. The Morgan fingerprint density at radius 1 is 0.770 bits per heavy atom. The van der Waals surface area contributed by atoms with E-state index in [4.69, 9.17) is 38.9 Å². The van der Waals surface area contributed by atoms with Crippen LogP contribution in [0, 0.1) is 45.8 Å². The van der Waals surface area contributed by atoms with Crippen LogP contribution < -0.4 is 20.1 Å². The summed E-state index contributed by atoms with van der Waals surface area (Å²) in [6.07, 6.45) is 7.58. The lowest BCUT2D eigenvalue weighted by atomic mass is 9.45. The lowest BCUT2D eigenvalue weighted by molar-refractivity contribution is -0.247. The number of hydrogen-bond acceptors (Lipinski definition) is 29. The number of ether oxygens (including phenoxy) is 7. The Kier molecular flexibility index (Phi) is 23.1. The van der Waals surface area contributed by atoms with E-state index in [9.17, 15) is 89.4 Å². The smallest absolute Gasteiger partial charge is 0.344 e. The summed E-state index contributed by atoms with van der Waals surface area (Å²) in [5, 5.41) is 112. The van der Waals surface area contributed by atoms with Crippen molar-refractivity contribution in [2.75, 3.05) is 79.3 Å². The molecule has 0 radical (unpaired) electrons. The first kappa shape index (κ1) is 89.9. The lowest BCUT2D eigenvalue weighted by Gasteiger charge is -2.63. The van der Waals surface area contributed by atoms with Gasteiger partial charge >= 0.3 is 17.9 Å². The Balaban J connectivity index is 0.000000152. The first-order valence-electron chi connectivity index (χ1n) is 43.8. The van der Waals surface area contributed by atoms with Gasteiger partial charge in [0, 0.05) is 137 Å². The number of nitrogens with zero attached hydrogens (tertiary/aromatic N) is 3. The minimum absolute atomic E-state index is 0.00620. The molecule has 1 amide bonds. The Hall–Kier alpha value is -9.45. The van der Waals surface area contributed by atoms with Gasteiger partial charge in [-0.2, -0.15) is 0 Å². The fourth-order valence-electron chi connectivity index (χ4n) is 26.5. The van der Waals surface area contributed by atoms with Crippen molar-refractivity contribution in [3.05, 3.63) is 146 Å². The number of phenols is 2. The predicted molar refractivity (Wildman–Crippen MR) is 452 cm³/mol. The second-order valence-corrected chi connectivity index (χ2v) is 38.0. The van der Waals surface area contributed by atoms with Gasteiger partial charge in [0.25, 0.3) is 0 Å². The van der Waals surface area contributed by atoms with Gasteiger partial charge in [-0.3, -0.25) is 48.2 Å². The number of aromatic amines is 1. The number of methoxy groups -OCH3 is 4. The summed E-state index contributed by atoms with van der Waals surface area (Å²) in [5.74, 6) is -5.92. The molecule has 6 aliphatic heterocycles. The third kappa shape index (κ3) is 13.0. The zero-order chi connectivity index (χ0) is 90.7. The fraction of sp³-hybridized carbons (Fsp3) is 0.568. The molecule has 13 N–H and O–H groups in total. The number of aliphatic hydroxyl groups is 8. The zero-order valence-corrected chi connectivity index (χ0v) is 72.8. The van der Waals surface area contributed by atoms with Gasteiger partial charge < -0.3 is 99.8 Å². The molecule has 126 heavy (non-hydrogen) atoms. The maximum atomic E-state index is 15.3. The van der Waals surface area contributed by atoms with E-state index >= 15 is 4.79 Å². The Bertz CT molecular complexity index is 5420. The number of hydrogen-bond donors (Lipinski definition) is 12. The number of fused-ring (bicyclic) bond motifs is 14. The minimum atomic E-state index is -2.53. The highest BCUT2D eigenvalue weighted by Crippen LogP contribution is 2.71. The minimum Gasteiger partial charge on any atom is -0.507 e. The van der Waals surface area contributed by atoms with Crippen LogP contribution in [-0.4, -0.2) is 265 Å². The summed E-state index contributed by atoms with van der Waals surface area (Å²) >= 11 is 0. The summed E-state index contributed by atoms with van der Waals surface area (Å²) in [5.41, 5.74) is -2.37. The monoisotopic (exact) mass is 1740 g/mol. The summed E-state index contributed by atoms with van der Waals surface area (Å²) < 4.78 is 40.7. The van der Waals surface area contributed by atoms with Gasteiger partial charge in [-0.15, -0.1) is 0 Å². The molecule has 1 aromatic heterocycles. The van der Waals surface area contributed by atoms with E-state index < -0.39 is 189 Å². The van der Waals surface area contributed by atoms with Crippen molar-refractivity contribution >= 4 is 69.8 Å². The average Bonchev–Trinajstić information content (AvgIpc) is 1.47. The summed E-state index contributed by atoms with van der Waals surface area (Å²) in [6, 6.07) is 13.6. The number of aromatic hydroxyl groups is 2. The second kappa shape index (κ2) is 32.3. The average molecular weight is 1740 g/mol. The largest absolute Gasteiger partial charge is 0.507 e. The van der Waals surface area contributed by atoms with Gasteiger partial charge in [-0.05, 0) is 143 Å². The number of carbonyl (C=O) groups excluding carboxylic acids is 9. The Morgan fingerprint density at radius 2 is 1.48 bits per heavy atom. The van der Waals surface area contributed by atoms with Gasteiger partial charge in [0.1, 0.15) is 52.8 Å². The van der Waals surface area contributed by atoms with Crippen molar-refractivity contribution in [2.45, 2.75) is 220 Å². The van der Waals surface area contributed by atoms with Crippen LogP contribution in [0.1, 0.15) is 191 Å². The number of rotatable bonds is 15. The number of Topliss-reactive ketones (excluding diaryl/α,β-unsaturated/α-hetero) is 2. The van der Waals surface area contributed by atoms with E-state index in [2.05, 4.69) is 34.7 Å². The number of anilines is 1. The van der Waals surface area contributed by atoms with Crippen LogP contribution in [0.4, 0.5) is 5.69 Å². The van der Waals surface area contributed by atoms with E-state index in [0.29, 0.717) is 112 Å². The number of esters is 3. The number of para-hydroxylation sites is 1. The summed E-state index contributed by atoms with van der Waals surface area (Å²) in [7, 11) is 5.41. The SMILES string of the molecule is CC[C@]1(O)C[C@@H]2CN(CCc3c([nH]c4ccccc34)[C@@](C(=O)OC)(c3cc4c(cc3OC)N(C=O)[C@@H]3C45CCN4CC=C[C@](CC)([C@H]45)[C@@H](OC(C)=O)[C@]3(O)C(=O)OC)C2)C1.COc1cccc2c1C(=O)c1c(O)c3c(c(O)c1C2=O)C[C@@](O)(C(=O)CO)C[C@@H]3O[C@H]1C[C@H](N)[C@H](O)[C@H](C)O1.C[C@H]1C[C@@H]2[C@H]([C@@H](O)C[C@@]3(C)[C@H]2CC[C@]3(O)C(=O)CO)[C@@]2(C)C=CC(=O)C=C12. The highest BCUT2D eigenvalue weighted by molar-refractivity contribution is 6.31. The summed E-state index contributed by atoms with van der Waals surface area (Å²) in [4.78, 5) is 130. The molecule has 5 aromatic rings. The van der Waals surface area contributed by atoms with Gasteiger partial charge in [-0.1, -0.05) is 88.8 Å². The number of aromatic nitrogens is 1. The van der Waals surface area contributed by atoms with Crippen molar-refractivity contribution in [3.8, 4) is 23.0 Å². The topological polar surface area (TPSA) is 472 Å². The summed E-state index contributed by atoms with van der Waals surface area (Å²) in [6.45, 7) is 14.2. The Morgan fingerprint density at radius 3 is 2.15 bits per heavy atom. The van der Waals surface area contributed by atoms with Crippen molar-refractivity contribution in [3.63, 3.8) is 0 Å². The molecule has 1 spiro atoms. The van der Waals surface area contributed by atoms with Gasteiger partial charge in [0.15, 0.2) is 35.5 Å². The van der Waals surface area contributed by atoms with E-state index in [-0.39, 0.29) is 81.6 Å². The first-order chi connectivity index (χ1) is 59.8. The molecule has 13 aliphatic rings. The standard InChI is InChI=1S/C46H56N4O10.C27H29NO11.C22H30O5/c1-7-42(55)22-28-23-45(40(53)58-5,36-30(14-18-48(24-28)25-42)29-12-9-10-13-33(29)47-36)32-20-31-34(21-35(32)57-4)50(26-51)38-44(31)16-19-49-17-11-15-43(8-2,37(44)49)39(60-27(3)52)46(38,56)41(54)59-6;1-10-22(31)13(28)6-17(38-10)39-15-8-27(36,16(30)9-29)7-12-19(15)26(35)21-20(24(12)33)23(32)11-4-3-5-14(37-2)18(11)25(21)34;1-12-8-14-15-5-7-22(27,18(26)11-23)21(15,3)10-17(25)19(14)20(2)6-4-13(24)9-16(12)20/h9-13,15,20-21,26,28,37-39,47,55-56H,7-8,14,16-19,22-25H2,1-6H3;3-5,10,13,15,17,22,29,31,33,35-36H,6-9,28H2,1-2H3;4,6,9,12,14-15,17,19,23,25,27H,5,7-8,10-11H2,1-3H3/t28-,37-,38+,39+,42-,43+,44?,45-,46-;10-,13-,15-,17-,22+,27-;12-,14-,15-,17-,19+,20-,21-,22-/m000/s1. The van der Waals surface area contributed by atoms with Crippen molar-refractivity contribution < 1.29 is 127 Å². The van der Waals surface area contributed by atoms with Crippen LogP contribution in [0.2, 0.25) is 0 Å². The molecule has 4 saturated carbocycles. The molecule has 18 rings (SSSR count). The van der Waals surface area contributed by atoms with Crippen LogP contribution in [-0.2, 0) is 80.9 Å². The molecule has 7 aliphatic carbocycles. The van der Waals surface area contributed by atoms with Crippen LogP contribution in [0.3, 0.4) is 0 Å². The van der Waals surface area contributed by atoms with E-state index in [0.717, 1.165) is 34.9 Å². The molecular formula is C95H115N5O26. The number of nitrogens with one attached hydrogen (secondary N) is 1. The lowest BCUT2D eigenvalue weighted by Crippen LogP contribution is -2.81. The number of phenolic OH excluding ortho intramolecular Hbond substituents is 2. The molecule has 31 nitrogen and oxygen atoms in total. The molecule has 31 heteroatoms. The number of nitrogens with two attached hydrogens (primary N) is 1. The Labute approximate surface area is 728 Å². The van der Waals surface area contributed by atoms with E-state index in [1.807, 2.05) is 63.3 Å². The van der Waals surface area contributed by atoms with Crippen LogP contribution in [0.15, 0.2) is 90.6 Å². The molecule has 2 unspecified atom stereocenters. The van der Waals surface area contributed by atoms with E-state index in [1.165, 1.54) is 58.5 Å². The predicted octanol–water partition coefficient (Wildman–Crippen LogP) is 5.32. The molecule has 3 saturated heterocycles. The van der Waals surface area contributed by atoms with Crippen molar-refractivity contribution in [1.82, 2.24) is 14.8 Å². The molecular weight excluding hydrogens is 1630 g/mol. The van der Waals surface area contributed by atoms with Gasteiger partial charge in [0.05, 0.1) is 86.9 Å². The normalized spacial score (nSPS) is 37.6. The number of ketones is 5. The third-order valence-corrected chi connectivity index (χ3v) is 31.9. The molecule has 7 heterocycles. The van der Waals surface area contributed by atoms with E-state index in [1.54, 1.807) is 25.1 Å². The van der Waals surface area contributed by atoms with Crippen LogP contribution >= 0.6 is 0 Å². The molecule has 676 valence electrons. The third-order valence-electron chi connectivity index (χ3n) is 31.9. The second-order valence-electron chi connectivity index (χ2n) is 38.0. The zero-order valence-electron chi connectivity index (χ0n) is 72.8. The highest BCUT2D eigenvalue weighted by atomic mass is 16.7. The molecule has 7 fully saturated rings. The number of H-pyrrole nitrogens is 1. The highest BCUT2D eigenvalue weighted by Gasteiger charge is 2.81. The maximum absolute atomic E-state index is 15.3. The quantitative estimate of drug-likeness (QED) is 0.0203. The van der Waals surface area contributed by atoms with Crippen LogP contribution in [0.5, 0.6) is 23.0 Å². The first-order valence-corrected chi connectivity index (χ1v) is 43.8. The fourth-order valence-corrected chi connectivity index (χ4v) is 26.5. The number of piperidine rings is 1. The number of benzene rings is 4. The van der Waals surface area contributed by atoms with Gasteiger partial charge in [-0.25, -0.2) is 4.79 Å². The molecule has 24 atom stereocenters. The van der Waals surface area contributed by atoms with Gasteiger partial charge in [0.2, 0.25) is 17.8 Å². The van der Waals surface area contributed by atoms with Crippen molar-refractivity contribution in [2.24, 2.45) is 51.6 Å². The number of amides is 1. The molecule has 4 aromatic carbocycles. The molecule has 2 bridgehead atoms. The van der Waals surface area contributed by atoms with Crippen molar-refractivity contribution in [1.29, 1.82) is 0 Å². The maximum Gasteiger partial charge on any atom is 0.344 e.